The van der Waals surface area contributed by atoms with Crippen molar-refractivity contribution in [3.63, 3.8) is 0 Å². The van der Waals surface area contributed by atoms with Gasteiger partial charge in [-0.25, -0.2) is 0 Å². The molecule has 2 saturated heterocycles. The van der Waals surface area contributed by atoms with Crippen molar-refractivity contribution in [2.75, 3.05) is 26.2 Å². The van der Waals surface area contributed by atoms with Gasteiger partial charge in [-0.05, 0) is 62.4 Å². The SMILES string of the molecule is CC1CCN(Cc2ccccc2CNC(=O)C2CCCNC2)CC1. The fourth-order valence-corrected chi connectivity index (χ4v) is 3.75. The first kappa shape index (κ1) is 17.4. The highest BCUT2D eigenvalue weighted by atomic mass is 16.1. The van der Waals surface area contributed by atoms with Crippen LogP contribution in [0, 0.1) is 11.8 Å². The maximum Gasteiger partial charge on any atom is 0.224 e. The molecule has 1 amide bonds. The van der Waals surface area contributed by atoms with E-state index in [4.69, 9.17) is 0 Å². The van der Waals surface area contributed by atoms with Gasteiger partial charge in [-0.3, -0.25) is 9.69 Å². The second kappa shape index (κ2) is 8.63. The van der Waals surface area contributed by atoms with Crippen molar-refractivity contribution in [3.05, 3.63) is 35.4 Å². The molecule has 2 N–H and O–H groups in total. The number of carbonyl (C=O) groups is 1. The van der Waals surface area contributed by atoms with E-state index in [1.54, 1.807) is 0 Å². The summed E-state index contributed by atoms with van der Waals surface area (Å²) in [6.07, 6.45) is 4.70. The van der Waals surface area contributed by atoms with Crippen LogP contribution in [0.25, 0.3) is 0 Å². The van der Waals surface area contributed by atoms with Gasteiger partial charge in [0.25, 0.3) is 0 Å². The fourth-order valence-electron chi connectivity index (χ4n) is 3.75. The number of likely N-dealkylation sites (tertiary alicyclic amines) is 1. The Kier molecular flexibility index (Phi) is 6.27. The molecule has 2 aliphatic rings. The first-order valence-corrected chi connectivity index (χ1v) is 9.50. The predicted octanol–water partition coefficient (Wildman–Crippen LogP) is 2.53. The van der Waals surface area contributed by atoms with E-state index < -0.39 is 0 Å². The van der Waals surface area contributed by atoms with Crippen molar-refractivity contribution in [2.24, 2.45) is 11.8 Å². The van der Waals surface area contributed by atoms with Gasteiger partial charge in [-0.2, -0.15) is 0 Å². The molecule has 0 aliphatic carbocycles. The normalized spacial score (nSPS) is 23.1. The molecule has 2 heterocycles. The first-order chi connectivity index (χ1) is 11.7. The Morgan fingerprint density at radius 3 is 2.67 bits per heavy atom. The summed E-state index contributed by atoms with van der Waals surface area (Å²) in [5, 5.41) is 6.47. The second-order valence-corrected chi connectivity index (χ2v) is 7.49. The number of hydrogen-bond donors (Lipinski definition) is 2. The van der Waals surface area contributed by atoms with E-state index in [-0.39, 0.29) is 11.8 Å². The Bertz CT molecular complexity index is 531. The molecule has 0 radical (unpaired) electrons. The Morgan fingerprint density at radius 2 is 1.96 bits per heavy atom. The van der Waals surface area contributed by atoms with Gasteiger partial charge in [-0.15, -0.1) is 0 Å². The van der Waals surface area contributed by atoms with Crippen LogP contribution in [-0.4, -0.2) is 37.0 Å². The Hall–Kier alpha value is -1.39. The molecule has 4 heteroatoms. The molecule has 0 aromatic heterocycles. The van der Waals surface area contributed by atoms with Gasteiger partial charge >= 0.3 is 0 Å². The molecule has 1 aromatic carbocycles. The molecule has 1 unspecified atom stereocenters. The molecule has 0 spiro atoms. The molecule has 24 heavy (non-hydrogen) atoms. The average molecular weight is 329 g/mol. The number of carbonyl (C=O) groups excluding carboxylic acids is 1. The minimum absolute atomic E-state index is 0.134. The van der Waals surface area contributed by atoms with Crippen molar-refractivity contribution in [1.82, 2.24) is 15.5 Å². The maximum atomic E-state index is 12.3. The van der Waals surface area contributed by atoms with Gasteiger partial charge < -0.3 is 10.6 Å². The van der Waals surface area contributed by atoms with Crippen LogP contribution in [0.3, 0.4) is 0 Å². The lowest BCUT2D eigenvalue weighted by Crippen LogP contribution is -2.40. The minimum Gasteiger partial charge on any atom is -0.352 e. The fraction of sp³-hybridized carbons (Fsp3) is 0.650. The van der Waals surface area contributed by atoms with E-state index in [1.807, 2.05) is 0 Å². The quantitative estimate of drug-likeness (QED) is 0.872. The number of nitrogens with one attached hydrogen (secondary N) is 2. The van der Waals surface area contributed by atoms with Crippen LogP contribution in [0.15, 0.2) is 24.3 Å². The summed E-state index contributed by atoms with van der Waals surface area (Å²) in [5.41, 5.74) is 2.61. The lowest BCUT2D eigenvalue weighted by atomic mass is 9.97. The van der Waals surface area contributed by atoms with Crippen LogP contribution in [0.1, 0.15) is 43.7 Å². The molecule has 4 nitrogen and oxygen atoms in total. The third-order valence-corrected chi connectivity index (χ3v) is 5.51. The molecule has 3 rings (SSSR count). The Morgan fingerprint density at radius 1 is 1.21 bits per heavy atom. The lowest BCUT2D eigenvalue weighted by Gasteiger charge is -2.30. The maximum absolute atomic E-state index is 12.3. The summed E-state index contributed by atoms with van der Waals surface area (Å²) in [4.78, 5) is 14.9. The number of hydrogen-bond acceptors (Lipinski definition) is 3. The third kappa shape index (κ3) is 4.81. The molecule has 1 atom stereocenters. The van der Waals surface area contributed by atoms with Crippen LogP contribution < -0.4 is 10.6 Å². The van der Waals surface area contributed by atoms with Gasteiger partial charge in [0.2, 0.25) is 5.91 Å². The van der Waals surface area contributed by atoms with E-state index in [9.17, 15) is 4.79 Å². The number of rotatable bonds is 5. The zero-order valence-corrected chi connectivity index (χ0v) is 14.9. The lowest BCUT2D eigenvalue weighted by molar-refractivity contribution is -0.125. The highest BCUT2D eigenvalue weighted by Crippen LogP contribution is 2.20. The van der Waals surface area contributed by atoms with Crippen molar-refractivity contribution in [2.45, 2.75) is 45.7 Å². The standard InChI is InChI=1S/C20H31N3O/c1-16-8-11-23(12-9-16)15-19-6-3-2-5-17(19)14-22-20(24)18-7-4-10-21-13-18/h2-3,5-6,16,18,21H,4,7-15H2,1H3,(H,22,24). The van der Waals surface area contributed by atoms with E-state index in [2.05, 4.69) is 46.7 Å². The topological polar surface area (TPSA) is 44.4 Å². The Balaban J connectivity index is 1.54. The van der Waals surface area contributed by atoms with Crippen molar-refractivity contribution in [1.29, 1.82) is 0 Å². The first-order valence-electron chi connectivity index (χ1n) is 9.50. The zero-order valence-electron chi connectivity index (χ0n) is 14.9. The largest absolute Gasteiger partial charge is 0.352 e. The van der Waals surface area contributed by atoms with E-state index in [0.717, 1.165) is 38.4 Å². The van der Waals surface area contributed by atoms with Crippen LogP contribution >= 0.6 is 0 Å². The Labute approximate surface area is 146 Å². The highest BCUT2D eigenvalue weighted by molar-refractivity contribution is 5.79. The summed E-state index contributed by atoms with van der Waals surface area (Å²) in [6, 6.07) is 8.55. The van der Waals surface area contributed by atoms with Crippen molar-refractivity contribution < 1.29 is 4.79 Å². The van der Waals surface area contributed by atoms with Gasteiger partial charge in [0, 0.05) is 19.6 Å². The van der Waals surface area contributed by atoms with Crippen molar-refractivity contribution >= 4 is 5.91 Å². The number of nitrogens with zero attached hydrogens (tertiary/aromatic N) is 1. The van der Waals surface area contributed by atoms with Crippen LogP contribution in [0.5, 0.6) is 0 Å². The number of benzene rings is 1. The molecule has 2 aliphatic heterocycles. The summed E-state index contributed by atoms with van der Waals surface area (Å²) >= 11 is 0. The smallest absolute Gasteiger partial charge is 0.224 e. The number of piperidine rings is 2. The van der Waals surface area contributed by atoms with Crippen molar-refractivity contribution in [3.8, 4) is 0 Å². The number of amides is 1. The van der Waals surface area contributed by atoms with Crippen LogP contribution in [-0.2, 0) is 17.9 Å². The summed E-state index contributed by atoms with van der Waals surface area (Å²) in [5.74, 6) is 1.19. The zero-order chi connectivity index (χ0) is 16.8. The molecule has 0 saturated carbocycles. The molecule has 1 aromatic rings. The third-order valence-electron chi connectivity index (χ3n) is 5.51. The van der Waals surface area contributed by atoms with Gasteiger partial charge in [-0.1, -0.05) is 31.2 Å². The summed E-state index contributed by atoms with van der Waals surface area (Å²) in [7, 11) is 0. The summed E-state index contributed by atoms with van der Waals surface area (Å²) in [6.45, 7) is 8.24. The van der Waals surface area contributed by atoms with Crippen LogP contribution in [0.4, 0.5) is 0 Å². The second-order valence-electron chi connectivity index (χ2n) is 7.49. The van der Waals surface area contributed by atoms with E-state index in [1.165, 1.54) is 37.1 Å². The predicted molar refractivity (Wildman–Crippen MR) is 97.6 cm³/mol. The average Bonchev–Trinajstić information content (AvgIpc) is 2.63. The monoisotopic (exact) mass is 329 g/mol. The van der Waals surface area contributed by atoms with E-state index >= 15 is 0 Å². The van der Waals surface area contributed by atoms with E-state index in [0.29, 0.717) is 6.54 Å². The minimum atomic E-state index is 0.134. The molecular formula is C20H31N3O. The molecule has 0 bridgehead atoms. The highest BCUT2D eigenvalue weighted by Gasteiger charge is 2.21. The molecule has 132 valence electrons. The van der Waals surface area contributed by atoms with Crippen LogP contribution in [0.2, 0.25) is 0 Å². The molecular weight excluding hydrogens is 298 g/mol. The van der Waals surface area contributed by atoms with Gasteiger partial charge in [0.15, 0.2) is 0 Å². The summed E-state index contributed by atoms with van der Waals surface area (Å²) < 4.78 is 0. The van der Waals surface area contributed by atoms with Gasteiger partial charge in [0.05, 0.1) is 5.92 Å². The van der Waals surface area contributed by atoms with Gasteiger partial charge in [0.1, 0.15) is 0 Å². The molecule has 2 fully saturated rings.